The van der Waals surface area contributed by atoms with Gasteiger partial charge in [-0.05, 0) is 80.3 Å². The minimum Gasteiger partial charge on any atom is -0.507 e. The van der Waals surface area contributed by atoms with Crippen LogP contribution >= 0.6 is 0 Å². The number of nitrogens with one attached hydrogen (secondary N) is 1. The third-order valence-electron chi connectivity index (χ3n) is 11.4. The van der Waals surface area contributed by atoms with Crippen molar-refractivity contribution in [3.8, 4) is 28.7 Å². The van der Waals surface area contributed by atoms with Crippen LogP contribution in [0.5, 0.6) is 28.7 Å². The Labute approximate surface area is 344 Å². The number of allylic oxidation sites excluding steroid dienone is 1. The summed E-state index contributed by atoms with van der Waals surface area (Å²) in [6.45, 7) is 2.40. The molecule has 59 heavy (non-hydrogen) atoms. The number of Topliss-reactive ketones (excluding diaryl/α,β-unsaturated/α-hetero) is 1. The van der Waals surface area contributed by atoms with Gasteiger partial charge in [0.15, 0.2) is 11.5 Å². The zero-order valence-corrected chi connectivity index (χ0v) is 34.7. The van der Waals surface area contributed by atoms with E-state index in [-0.39, 0.29) is 82.5 Å². The Morgan fingerprint density at radius 2 is 1.71 bits per heavy atom. The highest BCUT2D eigenvalue weighted by atomic mass is 32.2. The van der Waals surface area contributed by atoms with Crippen molar-refractivity contribution in [2.75, 3.05) is 46.7 Å². The first-order valence-electron chi connectivity index (χ1n) is 20.0. The lowest BCUT2D eigenvalue weighted by molar-refractivity contribution is -0.121. The SMILES string of the molecule is COc1cc(C(CC(=O)NCCS(=O)(=O)N2C[C@H]3C[C@@H](C2)c2cccc(=O)n2C3)c2c(O)cc3c(c2O)C(=O)O[C@@H](C)CCCC(=O)CCCC=C3)cc(OC)c1OC. The molecule has 0 aliphatic carbocycles. The Hall–Kier alpha value is -5.35. The number of aromatic hydroxyl groups is 2. The van der Waals surface area contributed by atoms with Crippen LogP contribution in [0, 0.1) is 5.92 Å². The monoisotopic (exact) mass is 835 g/mol. The second-order valence-corrected chi connectivity index (χ2v) is 17.5. The number of hydrogen-bond donors (Lipinski definition) is 3. The summed E-state index contributed by atoms with van der Waals surface area (Å²) in [4.78, 5) is 52.4. The number of benzene rings is 2. The molecule has 3 aromatic rings. The molecule has 0 saturated carbocycles. The molecule has 2 bridgehead atoms. The summed E-state index contributed by atoms with van der Waals surface area (Å²) >= 11 is 0. The molecule has 4 atom stereocenters. The predicted molar refractivity (Wildman–Crippen MR) is 219 cm³/mol. The second-order valence-electron chi connectivity index (χ2n) is 15.5. The van der Waals surface area contributed by atoms with E-state index >= 15 is 0 Å². The molecule has 1 amide bonds. The van der Waals surface area contributed by atoms with Crippen LogP contribution in [0.15, 0.2) is 47.3 Å². The van der Waals surface area contributed by atoms with Crippen molar-refractivity contribution >= 4 is 33.8 Å². The van der Waals surface area contributed by atoms with Crippen LogP contribution in [0.4, 0.5) is 0 Å². The number of piperidine rings is 1. The fourth-order valence-corrected chi connectivity index (χ4v) is 9.96. The van der Waals surface area contributed by atoms with E-state index < -0.39 is 51.8 Å². The van der Waals surface area contributed by atoms with Crippen molar-refractivity contribution in [2.24, 2.45) is 5.92 Å². The molecular weight excluding hydrogens is 783 g/mol. The molecule has 1 aromatic heterocycles. The van der Waals surface area contributed by atoms with E-state index in [1.807, 2.05) is 6.07 Å². The minimum absolute atomic E-state index is 0.0194. The number of esters is 1. The van der Waals surface area contributed by atoms with Gasteiger partial charge in [-0.15, -0.1) is 0 Å². The molecule has 6 rings (SSSR count). The van der Waals surface area contributed by atoms with Crippen molar-refractivity contribution < 1.29 is 52.0 Å². The lowest BCUT2D eigenvalue weighted by Crippen LogP contribution is -2.50. The zero-order chi connectivity index (χ0) is 42.4. The second kappa shape index (κ2) is 18.7. The molecule has 3 aliphatic heterocycles. The molecule has 4 heterocycles. The fourth-order valence-electron chi connectivity index (χ4n) is 8.49. The highest BCUT2D eigenvalue weighted by molar-refractivity contribution is 7.89. The van der Waals surface area contributed by atoms with Crippen LogP contribution in [-0.4, -0.2) is 98.0 Å². The first kappa shape index (κ1) is 43.2. The molecule has 318 valence electrons. The summed E-state index contributed by atoms with van der Waals surface area (Å²) in [6.07, 6.45) is 5.94. The van der Waals surface area contributed by atoms with Gasteiger partial charge >= 0.3 is 5.97 Å². The molecule has 1 fully saturated rings. The van der Waals surface area contributed by atoms with Crippen molar-refractivity contribution in [2.45, 2.75) is 82.8 Å². The van der Waals surface area contributed by atoms with E-state index in [2.05, 4.69) is 5.32 Å². The topological polar surface area (TPSA) is 200 Å². The lowest BCUT2D eigenvalue weighted by Gasteiger charge is -2.42. The number of amides is 1. The third-order valence-corrected chi connectivity index (χ3v) is 13.2. The fraction of sp³-hybridized carbons (Fsp3) is 0.488. The highest BCUT2D eigenvalue weighted by Gasteiger charge is 2.39. The van der Waals surface area contributed by atoms with Crippen LogP contribution in [-0.2, 0) is 30.9 Å². The van der Waals surface area contributed by atoms with Crippen LogP contribution in [0.1, 0.15) is 103 Å². The number of cyclic esters (lactones) is 1. The van der Waals surface area contributed by atoms with Gasteiger partial charge in [-0.1, -0.05) is 18.2 Å². The van der Waals surface area contributed by atoms with E-state index in [1.54, 1.807) is 41.8 Å². The molecule has 1 saturated heterocycles. The van der Waals surface area contributed by atoms with Crippen LogP contribution < -0.4 is 25.1 Å². The number of pyridine rings is 1. The number of phenolic OH excluding ortho intramolecular Hbond substituents is 2. The first-order valence-corrected chi connectivity index (χ1v) is 21.6. The van der Waals surface area contributed by atoms with Gasteiger partial charge in [-0.3, -0.25) is 14.4 Å². The molecule has 3 N–H and O–H groups in total. The Bertz CT molecular complexity index is 2240. The number of rotatable bonds is 11. The average Bonchev–Trinajstić information content (AvgIpc) is 3.19. The van der Waals surface area contributed by atoms with E-state index in [9.17, 15) is 37.8 Å². The highest BCUT2D eigenvalue weighted by Crippen LogP contribution is 2.48. The Morgan fingerprint density at radius 3 is 2.42 bits per heavy atom. The largest absolute Gasteiger partial charge is 0.507 e. The molecule has 0 spiro atoms. The van der Waals surface area contributed by atoms with Gasteiger partial charge in [-0.25, -0.2) is 17.5 Å². The Morgan fingerprint density at radius 1 is 0.983 bits per heavy atom. The number of phenols is 2. The number of nitrogens with zero attached hydrogens (tertiary/aromatic N) is 2. The quantitative estimate of drug-likeness (QED) is 0.222. The number of ketones is 1. The van der Waals surface area contributed by atoms with Crippen LogP contribution in [0.3, 0.4) is 0 Å². The van der Waals surface area contributed by atoms with Gasteiger partial charge < -0.3 is 39.0 Å². The zero-order valence-electron chi connectivity index (χ0n) is 33.9. The number of methoxy groups -OCH3 is 3. The molecule has 15 nitrogen and oxygen atoms in total. The van der Waals surface area contributed by atoms with Gasteiger partial charge in [0, 0.05) is 74.6 Å². The van der Waals surface area contributed by atoms with E-state index in [4.69, 9.17) is 18.9 Å². The van der Waals surface area contributed by atoms with Gasteiger partial charge in [0.1, 0.15) is 22.8 Å². The van der Waals surface area contributed by atoms with Crippen molar-refractivity contribution in [1.82, 2.24) is 14.2 Å². The molecule has 1 unspecified atom stereocenters. The molecular formula is C43H53N3O12S. The minimum atomic E-state index is -3.82. The van der Waals surface area contributed by atoms with E-state index in [1.165, 1.54) is 37.8 Å². The van der Waals surface area contributed by atoms with E-state index in [0.29, 0.717) is 50.6 Å². The maximum atomic E-state index is 13.9. The number of carbonyl (C=O) groups is 3. The van der Waals surface area contributed by atoms with Gasteiger partial charge in [0.05, 0.1) is 33.2 Å². The van der Waals surface area contributed by atoms with Gasteiger partial charge in [0.25, 0.3) is 5.56 Å². The number of ether oxygens (including phenoxy) is 4. The smallest absolute Gasteiger partial charge is 0.342 e. The lowest BCUT2D eigenvalue weighted by atomic mass is 9.84. The maximum absolute atomic E-state index is 13.9. The third kappa shape index (κ3) is 9.76. The summed E-state index contributed by atoms with van der Waals surface area (Å²) in [6, 6.07) is 9.51. The molecule has 2 aromatic carbocycles. The number of aromatic nitrogens is 1. The normalized spacial score (nSPS) is 20.6. The van der Waals surface area contributed by atoms with Crippen molar-refractivity contribution in [1.29, 1.82) is 0 Å². The Balaban J connectivity index is 1.29. The number of sulfonamides is 1. The van der Waals surface area contributed by atoms with Gasteiger partial charge in [-0.2, -0.15) is 0 Å². The molecule has 0 radical (unpaired) electrons. The number of carbonyl (C=O) groups excluding carboxylic acids is 3. The summed E-state index contributed by atoms with van der Waals surface area (Å²) in [5.41, 5.74) is 0.882. The first-order chi connectivity index (χ1) is 28.2. The Kier molecular flexibility index (Phi) is 13.7. The molecule has 16 heteroatoms. The standard InChI is InChI=1S/C43H53N3O12S/c1-26-10-8-13-31(47)12-7-5-6-11-28-19-34(48)40(41(51)39(28)43(52)58-26)32(29-20-35(55-2)42(57-4)36(21-29)56-3)22-37(49)44-16-17-59(53,54)45-23-27-18-30(25-45)33-14-9-15-38(50)46(33)24-27/h6,9,11,14-15,19-21,26-27,30,32,48,51H,5,7-8,10,12-13,16-18,22-25H2,1-4H3,(H,44,49)/t26-,27+,30-,32?/m0/s1. The summed E-state index contributed by atoms with van der Waals surface area (Å²) in [7, 11) is 0.438. The van der Waals surface area contributed by atoms with Crippen molar-refractivity contribution in [3.63, 3.8) is 0 Å². The summed E-state index contributed by atoms with van der Waals surface area (Å²) in [5, 5.41) is 26.4. The average molecular weight is 836 g/mol. The summed E-state index contributed by atoms with van der Waals surface area (Å²) < 4.78 is 52.9. The number of fused-ring (bicyclic) bond motifs is 5. The summed E-state index contributed by atoms with van der Waals surface area (Å²) in [5.74, 6) is -3.29. The van der Waals surface area contributed by atoms with Gasteiger partial charge in [0.2, 0.25) is 21.7 Å². The maximum Gasteiger partial charge on any atom is 0.342 e. The number of hydrogen-bond acceptors (Lipinski definition) is 12. The molecule has 3 aliphatic rings. The van der Waals surface area contributed by atoms with Crippen molar-refractivity contribution in [3.05, 3.63) is 80.8 Å². The predicted octanol–water partition coefficient (Wildman–Crippen LogP) is 4.85. The van der Waals surface area contributed by atoms with E-state index in [0.717, 1.165) is 12.1 Å². The van der Waals surface area contributed by atoms with Crippen LogP contribution in [0.2, 0.25) is 0 Å². The van der Waals surface area contributed by atoms with Crippen LogP contribution in [0.25, 0.3) is 6.08 Å².